The second-order valence-electron chi connectivity index (χ2n) is 3.83. The molecule has 0 spiro atoms. The van der Waals surface area contributed by atoms with Crippen molar-refractivity contribution in [2.24, 2.45) is 0 Å². The standard InChI is InChI=1S/C12H9N3O5/c16-11(10-5-7(6-13-10)15(19)20)14-9-4-2-1-3-8(9)12(17)18/h1-6,13H,(H,14,16)(H,17,18). The smallest absolute Gasteiger partial charge is 0.337 e. The zero-order valence-electron chi connectivity index (χ0n) is 9.99. The van der Waals surface area contributed by atoms with E-state index in [1.165, 1.54) is 18.2 Å². The van der Waals surface area contributed by atoms with Crippen molar-refractivity contribution >= 4 is 23.3 Å². The Morgan fingerprint density at radius 2 is 2.00 bits per heavy atom. The molecule has 8 heteroatoms. The number of rotatable bonds is 4. The summed E-state index contributed by atoms with van der Waals surface area (Å²) in [5.74, 6) is -1.84. The normalized spacial score (nSPS) is 10.0. The number of hydrogen-bond donors (Lipinski definition) is 3. The van der Waals surface area contributed by atoms with E-state index < -0.39 is 16.8 Å². The summed E-state index contributed by atoms with van der Waals surface area (Å²) in [6.45, 7) is 0. The van der Waals surface area contributed by atoms with E-state index in [-0.39, 0.29) is 22.6 Å². The van der Waals surface area contributed by atoms with E-state index in [0.29, 0.717) is 0 Å². The maximum atomic E-state index is 11.9. The van der Waals surface area contributed by atoms with Crippen molar-refractivity contribution in [3.8, 4) is 0 Å². The van der Waals surface area contributed by atoms with Crippen LogP contribution < -0.4 is 5.32 Å². The van der Waals surface area contributed by atoms with Crippen molar-refractivity contribution in [1.82, 2.24) is 4.98 Å². The lowest BCUT2D eigenvalue weighted by Crippen LogP contribution is -2.15. The number of hydrogen-bond acceptors (Lipinski definition) is 4. The van der Waals surface area contributed by atoms with Gasteiger partial charge in [0.15, 0.2) is 0 Å². The van der Waals surface area contributed by atoms with Gasteiger partial charge in [0.05, 0.1) is 22.4 Å². The lowest BCUT2D eigenvalue weighted by molar-refractivity contribution is -0.384. The molecule has 1 aromatic heterocycles. The van der Waals surface area contributed by atoms with E-state index in [1.54, 1.807) is 6.07 Å². The van der Waals surface area contributed by atoms with Gasteiger partial charge in [-0.05, 0) is 12.1 Å². The van der Waals surface area contributed by atoms with E-state index in [4.69, 9.17) is 5.11 Å². The molecular weight excluding hydrogens is 266 g/mol. The number of aromatic nitrogens is 1. The highest BCUT2D eigenvalue weighted by Gasteiger charge is 2.17. The molecule has 0 saturated heterocycles. The highest BCUT2D eigenvalue weighted by Crippen LogP contribution is 2.17. The molecular formula is C12H9N3O5. The van der Waals surface area contributed by atoms with Gasteiger partial charge in [0.2, 0.25) is 0 Å². The van der Waals surface area contributed by atoms with Gasteiger partial charge < -0.3 is 15.4 Å². The van der Waals surface area contributed by atoms with E-state index in [1.807, 2.05) is 0 Å². The monoisotopic (exact) mass is 275 g/mol. The molecule has 1 heterocycles. The minimum Gasteiger partial charge on any atom is -0.478 e. The van der Waals surface area contributed by atoms with Crippen LogP contribution in [-0.2, 0) is 0 Å². The molecule has 3 N–H and O–H groups in total. The number of nitrogens with one attached hydrogen (secondary N) is 2. The number of carbonyl (C=O) groups is 2. The first-order valence-electron chi connectivity index (χ1n) is 5.45. The minimum atomic E-state index is -1.18. The molecule has 0 atom stereocenters. The summed E-state index contributed by atoms with van der Waals surface area (Å²) in [6, 6.07) is 6.93. The number of aromatic carboxylic acids is 1. The third-order valence-corrected chi connectivity index (χ3v) is 2.53. The van der Waals surface area contributed by atoms with Crippen LogP contribution >= 0.6 is 0 Å². The average Bonchev–Trinajstić information content (AvgIpc) is 2.89. The first-order valence-corrected chi connectivity index (χ1v) is 5.45. The van der Waals surface area contributed by atoms with Crippen LogP contribution in [0.15, 0.2) is 36.5 Å². The fraction of sp³-hybridized carbons (Fsp3) is 0. The Balaban J connectivity index is 2.23. The number of carboxylic acid groups (broad SMARTS) is 1. The molecule has 0 radical (unpaired) electrons. The van der Waals surface area contributed by atoms with Gasteiger partial charge in [-0.2, -0.15) is 0 Å². The van der Waals surface area contributed by atoms with Gasteiger partial charge in [-0.3, -0.25) is 14.9 Å². The van der Waals surface area contributed by atoms with Gasteiger partial charge in [0, 0.05) is 6.07 Å². The quantitative estimate of drug-likeness (QED) is 0.580. The molecule has 20 heavy (non-hydrogen) atoms. The summed E-state index contributed by atoms with van der Waals surface area (Å²) in [5, 5.41) is 21.9. The molecule has 0 bridgehead atoms. The van der Waals surface area contributed by atoms with Crippen molar-refractivity contribution in [3.05, 3.63) is 57.9 Å². The Morgan fingerprint density at radius 3 is 2.60 bits per heavy atom. The van der Waals surface area contributed by atoms with Gasteiger partial charge in [-0.15, -0.1) is 0 Å². The lowest BCUT2D eigenvalue weighted by Gasteiger charge is -2.06. The number of nitrogens with zero attached hydrogens (tertiary/aromatic N) is 1. The number of amides is 1. The molecule has 2 aromatic rings. The van der Waals surface area contributed by atoms with E-state index in [2.05, 4.69) is 10.3 Å². The molecule has 0 unspecified atom stereocenters. The first-order chi connectivity index (χ1) is 9.49. The Labute approximate surface area is 112 Å². The number of carbonyl (C=O) groups excluding carboxylic acids is 1. The first kappa shape index (κ1) is 13.3. The summed E-state index contributed by atoms with van der Waals surface area (Å²) in [5.41, 5.74) is -0.234. The van der Waals surface area contributed by atoms with Crippen LogP contribution in [0.1, 0.15) is 20.8 Å². The SMILES string of the molecule is O=C(Nc1ccccc1C(=O)O)c1cc([N+](=O)[O-])c[nH]1. The van der Waals surface area contributed by atoms with Gasteiger partial charge in [-0.25, -0.2) is 4.79 Å². The van der Waals surface area contributed by atoms with E-state index in [0.717, 1.165) is 12.3 Å². The number of para-hydroxylation sites is 1. The van der Waals surface area contributed by atoms with Crippen molar-refractivity contribution in [3.63, 3.8) is 0 Å². The molecule has 0 aliphatic heterocycles. The van der Waals surface area contributed by atoms with Gasteiger partial charge in [-0.1, -0.05) is 12.1 Å². The fourth-order valence-corrected chi connectivity index (χ4v) is 1.59. The maximum Gasteiger partial charge on any atom is 0.337 e. The number of aromatic amines is 1. The van der Waals surface area contributed by atoms with Crippen LogP contribution in [0.4, 0.5) is 11.4 Å². The van der Waals surface area contributed by atoms with Crippen molar-refractivity contribution in [1.29, 1.82) is 0 Å². The van der Waals surface area contributed by atoms with Crippen LogP contribution in [-0.4, -0.2) is 26.9 Å². The van der Waals surface area contributed by atoms with Crippen LogP contribution in [0.2, 0.25) is 0 Å². The third-order valence-electron chi connectivity index (χ3n) is 2.53. The zero-order chi connectivity index (χ0) is 14.7. The maximum absolute atomic E-state index is 11.9. The van der Waals surface area contributed by atoms with E-state index in [9.17, 15) is 19.7 Å². The van der Waals surface area contributed by atoms with Gasteiger partial charge in [0.25, 0.3) is 11.6 Å². The Bertz CT molecular complexity index is 692. The number of H-pyrrole nitrogens is 1. The van der Waals surface area contributed by atoms with Crippen LogP contribution in [0.25, 0.3) is 0 Å². The van der Waals surface area contributed by atoms with Crippen LogP contribution in [0.5, 0.6) is 0 Å². The summed E-state index contributed by atoms with van der Waals surface area (Å²) in [4.78, 5) is 35.2. The Hall–Kier alpha value is -3.16. The van der Waals surface area contributed by atoms with Crippen molar-refractivity contribution in [2.75, 3.05) is 5.32 Å². The highest BCUT2D eigenvalue weighted by atomic mass is 16.6. The number of nitro groups is 1. The minimum absolute atomic E-state index is 0.0307. The molecule has 0 aliphatic carbocycles. The van der Waals surface area contributed by atoms with E-state index >= 15 is 0 Å². The fourth-order valence-electron chi connectivity index (χ4n) is 1.59. The summed E-state index contributed by atoms with van der Waals surface area (Å²) >= 11 is 0. The molecule has 0 aliphatic rings. The molecule has 1 aromatic carbocycles. The Morgan fingerprint density at radius 1 is 1.30 bits per heavy atom. The zero-order valence-corrected chi connectivity index (χ0v) is 9.99. The van der Waals surface area contributed by atoms with Crippen LogP contribution in [0.3, 0.4) is 0 Å². The second kappa shape index (κ2) is 5.22. The number of anilines is 1. The number of benzene rings is 1. The topological polar surface area (TPSA) is 125 Å². The van der Waals surface area contributed by atoms with Crippen molar-refractivity contribution < 1.29 is 19.6 Å². The average molecular weight is 275 g/mol. The highest BCUT2D eigenvalue weighted by molar-refractivity contribution is 6.07. The predicted octanol–water partition coefficient (Wildman–Crippen LogP) is 1.87. The van der Waals surface area contributed by atoms with Gasteiger partial charge in [0.1, 0.15) is 5.69 Å². The number of carboxylic acids is 1. The molecule has 8 nitrogen and oxygen atoms in total. The molecule has 0 fully saturated rings. The molecule has 0 saturated carbocycles. The summed E-state index contributed by atoms with van der Waals surface area (Å²) in [7, 11) is 0. The Kier molecular flexibility index (Phi) is 3.47. The molecule has 2 rings (SSSR count). The largest absolute Gasteiger partial charge is 0.478 e. The lowest BCUT2D eigenvalue weighted by atomic mass is 10.2. The summed E-state index contributed by atoms with van der Waals surface area (Å²) < 4.78 is 0. The van der Waals surface area contributed by atoms with Crippen molar-refractivity contribution in [2.45, 2.75) is 0 Å². The van der Waals surface area contributed by atoms with Crippen LogP contribution in [0, 0.1) is 10.1 Å². The van der Waals surface area contributed by atoms with Gasteiger partial charge >= 0.3 is 5.97 Å². The predicted molar refractivity (Wildman–Crippen MR) is 68.8 cm³/mol. The second-order valence-corrected chi connectivity index (χ2v) is 3.83. The molecule has 102 valence electrons. The molecule has 1 amide bonds. The summed E-state index contributed by atoms with van der Waals surface area (Å²) in [6.07, 6.45) is 1.08. The third kappa shape index (κ3) is 2.64.